The van der Waals surface area contributed by atoms with Crippen molar-refractivity contribution in [2.24, 2.45) is 0 Å². The lowest BCUT2D eigenvalue weighted by Gasteiger charge is -2.25. The van der Waals surface area contributed by atoms with E-state index in [1.54, 1.807) is 12.4 Å². The van der Waals surface area contributed by atoms with Crippen molar-refractivity contribution in [2.45, 2.75) is 32.7 Å². The molecule has 1 N–H and O–H groups in total. The minimum Gasteiger partial charge on any atom is -0.478 e. The van der Waals surface area contributed by atoms with E-state index in [4.69, 9.17) is 5.11 Å². The van der Waals surface area contributed by atoms with Crippen LogP contribution in [-0.4, -0.2) is 34.1 Å². The van der Waals surface area contributed by atoms with Crippen LogP contribution in [0.1, 0.15) is 32.3 Å². The normalized spacial score (nSPS) is 11.1. The summed E-state index contributed by atoms with van der Waals surface area (Å²) in [5.74, 6) is -0.315. The fourth-order valence-electron chi connectivity index (χ4n) is 1.77. The van der Waals surface area contributed by atoms with Gasteiger partial charge in [-0.1, -0.05) is 13.8 Å². The summed E-state index contributed by atoms with van der Waals surface area (Å²) in [5, 5.41) is 8.52. The Kier molecular flexibility index (Phi) is 5.30. The zero-order valence-electron chi connectivity index (χ0n) is 11.0. The van der Waals surface area contributed by atoms with Crippen molar-refractivity contribution in [3.8, 4) is 0 Å². The molecule has 0 fully saturated rings. The molecule has 0 radical (unpaired) electrons. The number of nitrogens with zero attached hydrogens (tertiary/aromatic N) is 3. The molecule has 18 heavy (non-hydrogen) atoms. The van der Waals surface area contributed by atoms with Crippen LogP contribution in [0.4, 0.5) is 5.95 Å². The monoisotopic (exact) mass is 249 g/mol. The molecule has 1 aromatic heterocycles. The number of hydrogen-bond donors (Lipinski definition) is 1. The van der Waals surface area contributed by atoms with E-state index in [1.165, 1.54) is 6.08 Å². The third kappa shape index (κ3) is 3.84. The SMILES string of the molecule is CCC(CC)N(C)c1ncc(/C=C/C(=O)O)cn1. The average Bonchev–Trinajstić information content (AvgIpc) is 2.38. The molecule has 0 aliphatic rings. The molecule has 0 bridgehead atoms. The number of hydrogen-bond acceptors (Lipinski definition) is 4. The van der Waals surface area contributed by atoms with E-state index in [-0.39, 0.29) is 0 Å². The fourth-order valence-corrected chi connectivity index (χ4v) is 1.77. The second kappa shape index (κ2) is 6.74. The van der Waals surface area contributed by atoms with Crippen LogP contribution in [0.25, 0.3) is 6.08 Å². The molecule has 98 valence electrons. The van der Waals surface area contributed by atoms with Gasteiger partial charge in [0.25, 0.3) is 0 Å². The highest BCUT2D eigenvalue weighted by Gasteiger charge is 2.12. The molecule has 0 saturated carbocycles. The van der Waals surface area contributed by atoms with Crippen LogP contribution >= 0.6 is 0 Å². The van der Waals surface area contributed by atoms with Crippen molar-refractivity contribution >= 4 is 18.0 Å². The van der Waals surface area contributed by atoms with Crippen LogP contribution in [0.15, 0.2) is 18.5 Å². The Balaban J connectivity index is 2.79. The Labute approximate surface area is 107 Å². The van der Waals surface area contributed by atoms with Crippen molar-refractivity contribution in [1.29, 1.82) is 0 Å². The Morgan fingerprint density at radius 1 is 1.39 bits per heavy atom. The fraction of sp³-hybridized carbons (Fsp3) is 0.462. The Morgan fingerprint density at radius 3 is 2.39 bits per heavy atom. The summed E-state index contributed by atoms with van der Waals surface area (Å²) in [6, 6.07) is 0.422. The lowest BCUT2D eigenvalue weighted by Crippen LogP contribution is -2.31. The zero-order chi connectivity index (χ0) is 13.5. The first-order valence-electron chi connectivity index (χ1n) is 6.04. The third-order valence-corrected chi connectivity index (χ3v) is 2.88. The molecule has 5 heteroatoms. The molecule has 0 aliphatic heterocycles. The number of carboxylic acids is 1. The maximum absolute atomic E-state index is 10.4. The van der Waals surface area contributed by atoms with Crippen LogP contribution in [0, 0.1) is 0 Å². The van der Waals surface area contributed by atoms with E-state index in [1.807, 2.05) is 11.9 Å². The van der Waals surface area contributed by atoms with Gasteiger partial charge >= 0.3 is 5.97 Å². The molecule has 0 amide bonds. The van der Waals surface area contributed by atoms with Gasteiger partial charge in [-0.3, -0.25) is 0 Å². The highest BCUT2D eigenvalue weighted by molar-refractivity contribution is 5.85. The summed E-state index contributed by atoms with van der Waals surface area (Å²) in [6.45, 7) is 4.27. The first kappa shape index (κ1) is 14.2. The standard InChI is InChI=1S/C13H19N3O2/c1-4-11(5-2)16(3)13-14-8-10(9-15-13)6-7-12(17)18/h6-9,11H,4-5H2,1-3H3,(H,17,18)/b7-6+. The van der Waals surface area contributed by atoms with E-state index >= 15 is 0 Å². The predicted molar refractivity (Wildman–Crippen MR) is 71.5 cm³/mol. The molecule has 0 aliphatic carbocycles. The summed E-state index contributed by atoms with van der Waals surface area (Å²) in [4.78, 5) is 20.9. The maximum atomic E-state index is 10.4. The van der Waals surface area contributed by atoms with Crippen LogP contribution in [0.2, 0.25) is 0 Å². The average molecular weight is 249 g/mol. The van der Waals surface area contributed by atoms with Gasteiger partial charge < -0.3 is 10.0 Å². The molecule has 0 unspecified atom stereocenters. The molecule has 1 heterocycles. The molecule has 0 atom stereocenters. The minimum atomic E-state index is -0.978. The molecule has 1 aromatic rings. The first-order chi connectivity index (χ1) is 8.58. The smallest absolute Gasteiger partial charge is 0.328 e. The lowest BCUT2D eigenvalue weighted by atomic mass is 10.1. The van der Waals surface area contributed by atoms with Gasteiger partial charge in [-0.2, -0.15) is 0 Å². The summed E-state index contributed by atoms with van der Waals surface area (Å²) >= 11 is 0. The molecule has 5 nitrogen and oxygen atoms in total. The van der Waals surface area contributed by atoms with E-state index in [9.17, 15) is 4.79 Å². The minimum absolute atomic E-state index is 0.422. The van der Waals surface area contributed by atoms with Crippen LogP contribution < -0.4 is 4.90 Å². The van der Waals surface area contributed by atoms with Gasteiger partial charge in [-0.05, 0) is 18.9 Å². The van der Waals surface area contributed by atoms with Gasteiger partial charge in [0.2, 0.25) is 5.95 Å². The van der Waals surface area contributed by atoms with Crippen molar-refractivity contribution in [2.75, 3.05) is 11.9 Å². The van der Waals surface area contributed by atoms with Crippen molar-refractivity contribution < 1.29 is 9.90 Å². The van der Waals surface area contributed by atoms with E-state index in [0.29, 0.717) is 17.6 Å². The van der Waals surface area contributed by atoms with Gasteiger partial charge in [-0.25, -0.2) is 14.8 Å². The van der Waals surface area contributed by atoms with Crippen LogP contribution in [0.5, 0.6) is 0 Å². The highest BCUT2D eigenvalue weighted by atomic mass is 16.4. The molecule has 0 saturated heterocycles. The lowest BCUT2D eigenvalue weighted by molar-refractivity contribution is -0.131. The molecule has 0 aromatic carbocycles. The Bertz CT molecular complexity index is 411. The van der Waals surface area contributed by atoms with E-state index in [2.05, 4.69) is 23.8 Å². The van der Waals surface area contributed by atoms with Gasteiger partial charge in [0, 0.05) is 37.1 Å². The Morgan fingerprint density at radius 2 is 1.94 bits per heavy atom. The summed E-state index contributed by atoms with van der Waals surface area (Å²) in [7, 11) is 1.97. The number of aliphatic carboxylic acids is 1. The van der Waals surface area contributed by atoms with Gasteiger partial charge in [-0.15, -0.1) is 0 Å². The number of aromatic nitrogens is 2. The van der Waals surface area contributed by atoms with E-state index < -0.39 is 5.97 Å². The maximum Gasteiger partial charge on any atom is 0.328 e. The largest absolute Gasteiger partial charge is 0.478 e. The highest BCUT2D eigenvalue weighted by Crippen LogP contribution is 2.13. The molecular weight excluding hydrogens is 230 g/mol. The van der Waals surface area contributed by atoms with Crippen molar-refractivity contribution in [3.63, 3.8) is 0 Å². The predicted octanol–water partition coefficient (Wildman–Crippen LogP) is 2.20. The van der Waals surface area contributed by atoms with Crippen molar-refractivity contribution in [1.82, 2.24) is 9.97 Å². The Hall–Kier alpha value is -1.91. The zero-order valence-corrected chi connectivity index (χ0v) is 11.0. The second-order valence-electron chi connectivity index (χ2n) is 4.07. The number of anilines is 1. The van der Waals surface area contributed by atoms with E-state index in [0.717, 1.165) is 18.9 Å². The third-order valence-electron chi connectivity index (χ3n) is 2.88. The van der Waals surface area contributed by atoms with Gasteiger partial charge in [0.15, 0.2) is 0 Å². The second-order valence-corrected chi connectivity index (χ2v) is 4.07. The summed E-state index contributed by atoms with van der Waals surface area (Å²) < 4.78 is 0. The van der Waals surface area contributed by atoms with Crippen molar-refractivity contribution in [3.05, 3.63) is 24.0 Å². The number of rotatable bonds is 6. The summed E-state index contributed by atoms with van der Waals surface area (Å²) in [5.41, 5.74) is 0.680. The van der Waals surface area contributed by atoms with Crippen LogP contribution in [0.3, 0.4) is 0 Å². The van der Waals surface area contributed by atoms with Gasteiger partial charge in [0.1, 0.15) is 0 Å². The quantitative estimate of drug-likeness (QED) is 0.783. The summed E-state index contributed by atoms with van der Waals surface area (Å²) in [6.07, 6.45) is 7.88. The number of carboxylic acid groups (broad SMARTS) is 1. The number of carbonyl (C=O) groups is 1. The first-order valence-corrected chi connectivity index (χ1v) is 6.04. The van der Waals surface area contributed by atoms with Gasteiger partial charge in [0.05, 0.1) is 0 Å². The molecule has 1 rings (SSSR count). The molecule has 0 spiro atoms. The van der Waals surface area contributed by atoms with Crippen LogP contribution in [-0.2, 0) is 4.79 Å². The molecular formula is C13H19N3O2. The topological polar surface area (TPSA) is 66.3 Å².